The molecule has 2 rings (SSSR count). The van der Waals surface area contributed by atoms with E-state index in [0.29, 0.717) is 12.1 Å². The van der Waals surface area contributed by atoms with Crippen molar-refractivity contribution in [1.82, 2.24) is 4.90 Å². The molecule has 0 radical (unpaired) electrons. The van der Waals surface area contributed by atoms with Crippen molar-refractivity contribution in [2.24, 2.45) is 0 Å². The molecule has 1 aliphatic carbocycles. The second-order valence-electron chi connectivity index (χ2n) is 4.91. The summed E-state index contributed by atoms with van der Waals surface area (Å²) in [5.41, 5.74) is -0.470. The van der Waals surface area contributed by atoms with Gasteiger partial charge in [0.15, 0.2) is 0 Å². The maximum atomic E-state index is 10.2. The average molecular weight is 199 g/mol. The Kier molecular flexibility index (Phi) is 2.82. The molecule has 1 N–H and O–H groups in total. The topological polar surface area (TPSA) is 32.7 Å². The van der Waals surface area contributed by atoms with E-state index in [2.05, 4.69) is 4.90 Å². The number of nitrogens with zero attached hydrogens (tertiary/aromatic N) is 1. The predicted molar refractivity (Wildman–Crippen MR) is 55.2 cm³/mol. The van der Waals surface area contributed by atoms with Crippen LogP contribution in [0.3, 0.4) is 0 Å². The van der Waals surface area contributed by atoms with Crippen molar-refractivity contribution in [2.45, 2.75) is 50.4 Å². The van der Waals surface area contributed by atoms with Crippen molar-refractivity contribution in [2.75, 3.05) is 20.2 Å². The highest BCUT2D eigenvalue weighted by molar-refractivity contribution is 4.97. The Labute approximate surface area is 86.0 Å². The normalized spacial score (nSPS) is 44.8. The number of rotatable bonds is 2. The lowest BCUT2D eigenvalue weighted by molar-refractivity contribution is -0.0104. The molecule has 1 heterocycles. The first-order valence-corrected chi connectivity index (χ1v) is 5.63. The maximum absolute atomic E-state index is 10.2. The van der Waals surface area contributed by atoms with Gasteiger partial charge in [0.05, 0.1) is 11.7 Å². The second-order valence-corrected chi connectivity index (χ2v) is 4.91. The number of methoxy groups -OCH3 is 1. The predicted octanol–water partition coefficient (Wildman–Crippen LogP) is 1.01. The van der Waals surface area contributed by atoms with E-state index in [0.717, 1.165) is 38.8 Å². The molecule has 14 heavy (non-hydrogen) atoms. The molecular formula is C11H21NO2. The minimum Gasteiger partial charge on any atom is -0.389 e. The second kappa shape index (κ2) is 3.80. The zero-order chi connectivity index (χ0) is 10.2. The molecule has 0 amide bonds. The molecule has 3 nitrogen and oxygen atoms in total. The van der Waals surface area contributed by atoms with Gasteiger partial charge in [0, 0.05) is 26.2 Å². The molecule has 0 aromatic carbocycles. The average Bonchev–Trinajstić information content (AvgIpc) is 2.70. The fourth-order valence-corrected chi connectivity index (χ4v) is 2.94. The van der Waals surface area contributed by atoms with Crippen LogP contribution in [0, 0.1) is 0 Å². The highest BCUT2D eigenvalue weighted by atomic mass is 16.5. The van der Waals surface area contributed by atoms with Crippen LogP contribution in [0.25, 0.3) is 0 Å². The summed E-state index contributed by atoms with van der Waals surface area (Å²) >= 11 is 0. The van der Waals surface area contributed by atoms with Gasteiger partial charge in [-0.2, -0.15) is 0 Å². The van der Waals surface area contributed by atoms with E-state index in [1.54, 1.807) is 7.11 Å². The molecule has 1 saturated carbocycles. The third-order valence-corrected chi connectivity index (χ3v) is 3.83. The maximum Gasteiger partial charge on any atom is 0.0774 e. The third kappa shape index (κ3) is 1.81. The molecular weight excluding hydrogens is 178 g/mol. The van der Waals surface area contributed by atoms with Crippen molar-refractivity contribution in [3.8, 4) is 0 Å². The Morgan fingerprint density at radius 3 is 2.71 bits per heavy atom. The first-order chi connectivity index (χ1) is 6.63. The van der Waals surface area contributed by atoms with E-state index in [9.17, 15) is 5.11 Å². The minimum atomic E-state index is -0.470. The van der Waals surface area contributed by atoms with Gasteiger partial charge in [0.2, 0.25) is 0 Å². The van der Waals surface area contributed by atoms with Crippen LogP contribution in [-0.4, -0.2) is 48.0 Å². The Morgan fingerprint density at radius 1 is 1.43 bits per heavy atom. The lowest BCUT2D eigenvalue weighted by Gasteiger charge is -2.33. The molecule has 1 aliphatic heterocycles. The zero-order valence-electron chi connectivity index (χ0n) is 9.20. The summed E-state index contributed by atoms with van der Waals surface area (Å²) in [6, 6.07) is 0.364. The van der Waals surface area contributed by atoms with Crippen LogP contribution in [0.2, 0.25) is 0 Å². The highest BCUT2D eigenvalue weighted by Crippen LogP contribution is 2.35. The van der Waals surface area contributed by atoms with Crippen LogP contribution in [0.1, 0.15) is 32.6 Å². The van der Waals surface area contributed by atoms with Gasteiger partial charge in [-0.05, 0) is 32.6 Å². The van der Waals surface area contributed by atoms with Crippen LogP contribution in [0.4, 0.5) is 0 Å². The van der Waals surface area contributed by atoms with Crippen molar-refractivity contribution in [1.29, 1.82) is 0 Å². The monoisotopic (exact) mass is 199 g/mol. The van der Waals surface area contributed by atoms with E-state index in [1.807, 2.05) is 6.92 Å². The standard InChI is InChI=1S/C11H21NO2/c1-11(13)6-3-4-10(11)12-7-5-9(8-12)14-2/h9-10,13H,3-8H2,1-2H3. The van der Waals surface area contributed by atoms with E-state index < -0.39 is 5.60 Å². The lowest BCUT2D eigenvalue weighted by Crippen LogP contribution is -2.46. The molecule has 0 aromatic heterocycles. The Hall–Kier alpha value is -0.120. The molecule has 82 valence electrons. The summed E-state index contributed by atoms with van der Waals surface area (Å²) in [5.74, 6) is 0. The van der Waals surface area contributed by atoms with E-state index >= 15 is 0 Å². The lowest BCUT2D eigenvalue weighted by atomic mass is 9.99. The van der Waals surface area contributed by atoms with Gasteiger partial charge in [0.1, 0.15) is 0 Å². The summed E-state index contributed by atoms with van der Waals surface area (Å²) in [5, 5.41) is 10.2. The van der Waals surface area contributed by atoms with E-state index in [4.69, 9.17) is 4.74 Å². The minimum absolute atomic E-state index is 0.364. The van der Waals surface area contributed by atoms with Gasteiger partial charge in [0.25, 0.3) is 0 Å². The SMILES string of the molecule is COC1CCN(C2CCCC2(C)O)C1. The Morgan fingerprint density at radius 2 is 2.21 bits per heavy atom. The summed E-state index contributed by atoms with van der Waals surface area (Å²) in [6.45, 7) is 4.06. The molecule has 3 unspecified atom stereocenters. The van der Waals surface area contributed by atoms with Crippen molar-refractivity contribution in [3.05, 3.63) is 0 Å². The molecule has 0 bridgehead atoms. The summed E-state index contributed by atoms with van der Waals surface area (Å²) < 4.78 is 5.35. The van der Waals surface area contributed by atoms with Gasteiger partial charge >= 0.3 is 0 Å². The molecule has 2 fully saturated rings. The fourth-order valence-electron chi connectivity index (χ4n) is 2.94. The Balaban J connectivity index is 1.96. The molecule has 0 spiro atoms. The molecule has 2 aliphatic rings. The summed E-state index contributed by atoms with van der Waals surface area (Å²) in [4.78, 5) is 2.40. The van der Waals surface area contributed by atoms with Crippen molar-refractivity contribution in [3.63, 3.8) is 0 Å². The quantitative estimate of drug-likeness (QED) is 0.720. The highest BCUT2D eigenvalue weighted by Gasteiger charge is 2.42. The zero-order valence-corrected chi connectivity index (χ0v) is 9.20. The van der Waals surface area contributed by atoms with E-state index in [1.165, 1.54) is 0 Å². The van der Waals surface area contributed by atoms with E-state index in [-0.39, 0.29) is 0 Å². The summed E-state index contributed by atoms with van der Waals surface area (Å²) in [6.07, 6.45) is 4.75. The van der Waals surface area contributed by atoms with Crippen molar-refractivity contribution < 1.29 is 9.84 Å². The first kappa shape index (κ1) is 10.4. The first-order valence-electron chi connectivity index (χ1n) is 5.63. The van der Waals surface area contributed by atoms with Gasteiger partial charge in [-0.15, -0.1) is 0 Å². The fraction of sp³-hybridized carbons (Fsp3) is 1.00. The Bertz CT molecular complexity index is 205. The molecule has 1 saturated heterocycles. The number of likely N-dealkylation sites (tertiary alicyclic amines) is 1. The molecule has 0 aromatic rings. The van der Waals surface area contributed by atoms with Crippen LogP contribution >= 0.6 is 0 Å². The van der Waals surface area contributed by atoms with Gasteiger partial charge in [-0.3, -0.25) is 4.90 Å². The van der Waals surface area contributed by atoms with Crippen LogP contribution in [0.5, 0.6) is 0 Å². The third-order valence-electron chi connectivity index (χ3n) is 3.83. The number of hydrogen-bond acceptors (Lipinski definition) is 3. The number of hydrogen-bond donors (Lipinski definition) is 1. The number of ether oxygens (including phenoxy) is 1. The van der Waals surface area contributed by atoms with Crippen LogP contribution in [-0.2, 0) is 4.74 Å². The molecule has 3 atom stereocenters. The smallest absolute Gasteiger partial charge is 0.0774 e. The molecule has 3 heteroatoms. The number of aliphatic hydroxyl groups is 1. The van der Waals surface area contributed by atoms with Crippen LogP contribution in [0.15, 0.2) is 0 Å². The van der Waals surface area contributed by atoms with Gasteiger partial charge in [-0.1, -0.05) is 0 Å². The van der Waals surface area contributed by atoms with Crippen molar-refractivity contribution >= 4 is 0 Å². The largest absolute Gasteiger partial charge is 0.389 e. The van der Waals surface area contributed by atoms with Gasteiger partial charge in [-0.25, -0.2) is 0 Å². The summed E-state index contributed by atoms with van der Waals surface area (Å²) in [7, 11) is 1.78. The van der Waals surface area contributed by atoms with Crippen LogP contribution < -0.4 is 0 Å². The van der Waals surface area contributed by atoms with Gasteiger partial charge < -0.3 is 9.84 Å².